The molecule has 3 fully saturated rings. The van der Waals surface area contributed by atoms with Gasteiger partial charge in [-0.25, -0.2) is 0 Å². The number of carbonyl (C=O) groups excluding carboxylic acids is 4. The second kappa shape index (κ2) is 10.4. The molecule has 2 saturated heterocycles. The fourth-order valence-electron chi connectivity index (χ4n) is 7.12. The molecule has 2 aliphatic heterocycles. The van der Waals surface area contributed by atoms with Gasteiger partial charge in [-0.15, -0.1) is 23.2 Å². The van der Waals surface area contributed by atoms with E-state index in [-0.39, 0.29) is 41.5 Å². The highest BCUT2D eigenvalue weighted by Gasteiger charge is 2.76. The number of phenols is 1. The topological polar surface area (TPSA) is 113 Å². The number of benzene rings is 2. The number of alkyl halides is 3. The Morgan fingerprint density at radius 3 is 2.19 bits per heavy atom. The maximum absolute atomic E-state index is 14.1. The van der Waals surface area contributed by atoms with Crippen LogP contribution >= 0.6 is 61.7 Å². The number of ether oxygens (including phenoxy) is 2. The van der Waals surface area contributed by atoms with E-state index >= 15 is 0 Å². The van der Waals surface area contributed by atoms with Gasteiger partial charge in [-0.2, -0.15) is 0 Å². The molecule has 2 heterocycles. The third kappa shape index (κ3) is 3.85. The summed E-state index contributed by atoms with van der Waals surface area (Å²) in [4.78, 5) is 53.8. The van der Waals surface area contributed by atoms with Crippen molar-refractivity contribution in [1.29, 1.82) is 0 Å². The molecule has 4 amide bonds. The molecule has 0 radical (unpaired) electrons. The van der Waals surface area contributed by atoms with Crippen LogP contribution in [0.3, 0.4) is 0 Å². The van der Waals surface area contributed by atoms with Gasteiger partial charge < -0.3 is 14.6 Å². The molecule has 2 aromatic rings. The first kappa shape index (κ1) is 29.7. The summed E-state index contributed by atoms with van der Waals surface area (Å²) in [7, 11) is 2.78. The summed E-state index contributed by atoms with van der Waals surface area (Å²) in [5.41, 5.74) is 1.21. The molecule has 13 heteroatoms. The molecule has 1 saturated carbocycles. The number of methoxy groups -OCH3 is 2. The molecule has 2 aliphatic carbocycles. The monoisotopic (exact) mass is 788 g/mol. The van der Waals surface area contributed by atoms with Crippen LogP contribution < -0.4 is 14.4 Å². The number of phenolic OH excluding ortho intramolecular Hbond substituents is 1. The highest BCUT2D eigenvalue weighted by molar-refractivity contribution is 14.1. The van der Waals surface area contributed by atoms with Crippen molar-refractivity contribution < 1.29 is 33.8 Å². The zero-order valence-electron chi connectivity index (χ0n) is 22.3. The summed E-state index contributed by atoms with van der Waals surface area (Å²) in [6.45, 7) is 0. The van der Waals surface area contributed by atoms with Gasteiger partial charge in [-0.1, -0.05) is 27.6 Å². The Morgan fingerprint density at radius 1 is 1.00 bits per heavy atom. The van der Waals surface area contributed by atoms with E-state index in [1.165, 1.54) is 31.3 Å². The Kier molecular flexibility index (Phi) is 7.34. The molecule has 42 heavy (non-hydrogen) atoms. The van der Waals surface area contributed by atoms with Crippen LogP contribution in [0.25, 0.3) is 0 Å². The molecule has 220 valence electrons. The first-order chi connectivity index (χ1) is 19.9. The molecular formula is C29H24BrCl2IN2O7. The maximum Gasteiger partial charge on any atom is 0.254 e. The van der Waals surface area contributed by atoms with Crippen molar-refractivity contribution in [2.45, 2.75) is 28.5 Å². The number of allylic oxidation sites excluding steroid dienone is 2. The van der Waals surface area contributed by atoms with Crippen molar-refractivity contribution >= 4 is 91.0 Å². The Balaban J connectivity index is 1.57. The van der Waals surface area contributed by atoms with Gasteiger partial charge in [0.1, 0.15) is 17.2 Å². The number of anilines is 1. The van der Waals surface area contributed by atoms with Crippen molar-refractivity contribution in [3.8, 4) is 17.2 Å². The molecule has 0 spiro atoms. The van der Waals surface area contributed by atoms with Gasteiger partial charge in [0.2, 0.25) is 11.8 Å². The Bertz CT molecular complexity index is 1560. The average molecular weight is 790 g/mol. The number of amides is 4. The first-order valence-electron chi connectivity index (χ1n) is 13.0. The lowest BCUT2D eigenvalue weighted by Crippen LogP contribution is -2.60. The summed E-state index contributed by atoms with van der Waals surface area (Å²) in [5, 5.41) is 10.4. The van der Waals surface area contributed by atoms with Crippen LogP contribution in [0.15, 0.2) is 48.0 Å². The van der Waals surface area contributed by atoms with E-state index in [4.69, 9.17) is 32.7 Å². The SMILES string of the molecule is COc1cc(O)cc(OC)c1C1C2=CCC3C(=O)N(c4ccc(I)cc4)C(=O)C3C2CC2(Cl)C(=O)N(CBr)C(=O)C12Cl. The van der Waals surface area contributed by atoms with E-state index in [0.29, 0.717) is 16.8 Å². The number of hydrogen-bond donors (Lipinski definition) is 1. The number of hydrogen-bond acceptors (Lipinski definition) is 7. The minimum atomic E-state index is -2.03. The van der Waals surface area contributed by atoms with Crippen molar-refractivity contribution in [2.75, 3.05) is 24.6 Å². The quantitative estimate of drug-likeness (QED) is 0.150. The van der Waals surface area contributed by atoms with Gasteiger partial charge >= 0.3 is 0 Å². The number of carbonyl (C=O) groups is 4. The number of rotatable bonds is 5. The highest BCUT2D eigenvalue weighted by Crippen LogP contribution is 2.67. The van der Waals surface area contributed by atoms with E-state index < -0.39 is 51.1 Å². The van der Waals surface area contributed by atoms with Crippen LogP contribution in [0.1, 0.15) is 24.3 Å². The zero-order valence-corrected chi connectivity index (χ0v) is 27.5. The third-order valence-corrected chi connectivity index (χ3v) is 11.6. The number of nitrogens with zero attached hydrogens (tertiary/aromatic N) is 2. The minimum Gasteiger partial charge on any atom is -0.508 e. The van der Waals surface area contributed by atoms with Crippen LogP contribution in [-0.2, 0) is 19.2 Å². The fourth-order valence-corrected chi connectivity index (χ4v) is 8.89. The number of halogens is 4. The largest absolute Gasteiger partial charge is 0.508 e. The summed E-state index contributed by atoms with van der Waals surface area (Å²) in [5.74, 6) is -5.31. The number of aromatic hydroxyl groups is 1. The van der Waals surface area contributed by atoms with Crippen molar-refractivity contribution in [3.63, 3.8) is 0 Å². The standard InChI is InChI=1S/C29H24BrCl2IN2O7/c1-41-19-9-15(36)10-20(42-2)22(19)23-16-7-8-17-21(25(38)35(24(17)37)14-5-3-13(33)4-6-14)18(16)11-28(31)26(39)34(12-30)27(40)29(23,28)32/h3-7,9-10,17-18,21,23,36H,8,11-12H2,1-2H3. The fraction of sp³-hybridized carbons (Fsp3) is 0.379. The lowest BCUT2D eigenvalue weighted by molar-refractivity contribution is -0.138. The molecular weight excluding hydrogens is 766 g/mol. The number of fused-ring (bicyclic) bond motifs is 4. The van der Waals surface area contributed by atoms with Gasteiger partial charge in [-0.3, -0.25) is 29.0 Å². The van der Waals surface area contributed by atoms with E-state index in [1.54, 1.807) is 12.1 Å². The molecule has 0 aromatic heterocycles. The van der Waals surface area contributed by atoms with E-state index in [0.717, 1.165) is 8.47 Å². The van der Waals surface area contributed by atoms with Crippen molar-refractivity contribution in [1.82, 2.24) is 4.90 Å². The van der Waals surface area contributed by atoms with E-state index in [2.05, 4.69) is 38.5 Å². The van der Waals surface area contributed by atoms with Gasteiger partial charge in [-0.05, 0) is 65.6 Å². The Morgan fingerprint density at radius 2 is 1.62 bits per heavy atom. The molecule has 4 aliphatic rings. The molecule has 2 aromatic carbocycles. The average Bonchev–Trinajstić information content (AvgIpc) is 3.31. The summed E-state index contributed by atoms with van der Waals surface area (Å²) in [6.07, 6.45) is 1.91. The molecule has 6 atom stereocenters. The molecule has 9 nitrogen and oxygen atoms in total. The normalized spacial score (nSPS) is 32.0. The van der Waals surface area contributed by atoms with Crippen LogP contribution in [0, 0.1) is 21.3 Å². The van der Waals surface area contributed by atoms with Gasteiger partial charge in [0, 0.05) is 27.2 Å². The van der Waals surface area contributed by atoms with Gasteiger partial charge in [0.15, 0.2) is 9.75 Å². The summed E-state index contributed by atoms with van der Waals surface area (Å²) in [6, 6.07) is 9.79. The van der Waals surface area contributed by atoms with E-state index in [1.807, 2.05) is 18.2 Å². The predicted molar refractivity (Wildman–Crippen MR) is 166 cm³/mol. The molecule has 6 rings (SSSR count). The lowest BCUT2D eigenvalue weighted by atomic mass is 9.56. The molecule has 1 N–H and O–H groups in total. The number of likely N-dealkylation sites (tertiary alicyclic amines) is 1. The van der Waals surface area contributed by atoms with Crippen LogP contribution in [-0.4, -0.2) is 63.1 Å². The number of imide groups is 2. The van der Waals surface area contributed by atoms with Gasteiger partial charge in [0.25, 0.3) is 11.8 Å². The second-order valence-electron chi connectivity index (χ2n) is 10.7. The van der Waals surface area contributed by atoms with E-state index in [9.17, 15) is 24.3 Å². The van der Waals surface area contributed by atoms with Crippen LogP contribution in [0.4, 0.5) is 5.69 Å². The van der Waals surface area contributed by atoms with Crippen LogP contribution in [0.2, 0.25) is 0 Å². The van der Waals surface area contributed by atoms with Gasteiger partial charge in [0.05, 0.1) is 37.2 Å². The third-order valence-electron chi connectivity index (χ3n) is 8.92. The lowest BCUT2D eigenvalue weighted by Gasteiger charge is -2.51. The summed E-state index contributed by atoms with van der Waals surface area (Å²) < 4.78 is 12.2. The Hall–Kier alpha value is -2.35. The van der Waals surface area contributed by atoms with Crippen LogP contribution in [0.5, 0.6) is 17.2 Å². The van der Waals surface area contributed by atoms with Crippen molar-refractivity contribution in [3.05, 3.63) is 57.2 Å². The second-order valence-corrected chi connectivity index (χ2v) is 13.7. The van der Waals surface area contributed by atoms with Crippen molar-refractivity contribution in [2.24, 2.45) is 17.8 Å². The summed E-state index contributed by atoms with van der Waals surface area (Å²) >= 11 is 20.0. The minimum absolute atomic E-state index is 0.141. The smallest absolute Gasteiger partial charge is 0.254 e. The first-order valence-corrected chi connectivity index (χ1v) is 16.0. The molecule has 6 unspecified atom stereocenters. The Labute approximate surface area is 273 Å². The molecule has 0 bridgehead atoms. The predicted octanol–water partition coefficient (Wildman–Crippen LogP) is 4.93. The zero-order chi connectivity index (χ0) is 30.3. The maximum atomic E-state index is 14.1. The highest BCUT2D eigenvalue weighted by atomic mass is 127.